The predicted octanol–water partition coefficient (Wildman–Crippen LogP) is 6.35. The zero-order valence-corrected chi connectivity index (χ0v) is 21.2. The molecule has 0 aliphatic rings. The van der Waals surface area contributed by atoms with E-state index < -0.39 is 0 Å². The molecular formula is C31H28FN3O2. The highest BCUT2D eigenvalue weighted by Gasteiger charge is 2.19. The van der Waals surface area contributed by atoms with E-state index in [0.717, 1.165) is 12.8 Å². The van der Waals surface area contributed by atoms with Gasteiger partial charge in [0.15, 0.2) is 5.78 Å². The van der Waals surface area contributed by atoms with Crippen LogP contribution in [0.4, 0.5) is 4.39 Å². The molecule has 0 saturated carbocycles. The van der Waals surface area contributed by atoms with Gasteiger partial charge in [-0.05, 0) is 67.6 Å². The maximum atomic E-state index is 14.0. The molecule has 1 heterocycles. The summed E-state index contributed by atoms with van der Waals surface area (Å²) in [4.78, 5) is 30.7. The molecule has 0 aliphatic carbocycles. The third-order valence-electron chi connectivity index (χ3n) is 6.47. The number of aromatic nitrogens is 2. The molecule has 0 aliphatic heterocycles. The molecule has 37 heavy (non-hydrogen) atoms. The zero-order chi connectivity index (χ0) is 26.5. The van der Waals surface area contributed by atoms with Crippen molar-refractivity contribution in [2.45, 2.75) is 46.5 Å². The lowest BCUT2D eigenvalue weighted by Crippen LogP contribution is -2.28. The van der Waals surface area contributed by atoms with Crippen LogP contribution in [0.2, 0.25) is 0 Å². The number of nitriles is 1. The Kier molecular flexibility index (Phi) is 7.74. The molecule has 0 saturated heterocycles. The summed E-state index contributed by atoms with van der Waals surface area (Å²) >= 11 is 0. The molecule has 1 aromatic heterocycles. The molecule has 3 aromatic carbocycles. The Morgan fingerprint density at radius 1 is 1.08 bits per heavy atom. The van der Waals surface area contributed by atoms with Gasteiger partial charge in [-0.15, -0.1) is 0 Å². The summed E-state index contributed by atoms with van der Waals surface area (Å²) in [7, 11) is 0. The number of carbonyl (C=O) groups is 1. The minimum Gasteiger partial charge on any atom is -0.295 e. The van der Waals surface area contributed by atoms with Crippen LogP contribution in [0.1, 0.15) is 65.3 Å². The second-order valence-electron chi connectivity index (χ2n) is 9.07. The first-order valence-electron chi connectivity index (χ1n) is 12.3. The van der Waals surface area contributed by atoms with Gasteiger partial charge < -0.3 is 0 Å². The number of ketones is 1. The van der Waals surface area contributed by atoms with Crippen molar-refractivity contribution in [3.63, 3.8) is 0 Å². The third kappa shape index (κ3) is 5.41. The number of halogens is 1. The first-order valence-corrected chi connectivity index (χ1v) is 12.3. The van der Waals surface area contributed by atoms with Crippen LogP contribution in [0.15, 0.2) is 71.5 Å². The van der Waals surface area contributed by atoms with Crippen molar-refractivity contribution in [2.75, 3.05) is 0 Å². The van der Waals surface area contributed by atoms with Gasteiger partial charge in [0.25, 0.3) is 5.56 Å². The van der Waals surface area contributed by atoms with Gasteiger partial charge >= 0.3 is 0 Å². The Labute approximate surface area is 215 Å². The Balaban J connectivity index is 1.89. The van der Waals surface area contributed by atoms with Crippen LogP contribution in [-0.2, 0) is 12.8 Å². The van der Waals surface area contributed by atoms with Crippen molar-refractivity contribution in [1.29, 1.82) is 5.26 Å². The largest absolute Gasteiger partial charge is 0.295 e. The third-order valence-corrected chi connectivity index (χ3v) is 6.47. The summed E-state index contributed by atoms with van der Waals surface area (Å²) in [6, 6.07) is 20.8. The van der Waals surface area contributed by atoms with Crippen molar-refractivity contribution < 1.29 is 9.18 Å². The molecule has 0 bridgehead atoms. The summed E-state index contributed by atoms with van der Waals surface area (Å²) in [6.07, 6.45) is 2.67. The van der Waals surface area contributed by atoms with Crippen LogP contribution < -0.4 is 5.56 Å². The molecular weight excluding hydrogens is 465 g/mol. The predicted molar refractivity (Wildman–Crippen MR) is 143 cm³/mol. The fraction of sp³-hybridized carbons (Fsp3) is 0.226. The van der Waals surface area contributed by atoms with E-state index in [1.54, 1.807) is 49.4 Å². The molecule has 0 spiro atoms. The smallest absolute Gasteiger partial charge is 0.261 e. The lowest BCUT2D eigenvalue weighted by atomic mass is 9.92. The Hall–Kier alpha value is -4.37. The molecule has 0 atom stereocenters. The lowest BCUT2D eigenvalue weighted by Gasteiger charge is -2.17. The van der Waals surface area contributed by atoms with Gasteiger partial charge in [0, 0.05) is 17.5 Å². The second-order valence-corrected chi connectivity index (χ2v) is 9.07. The van der Waals surface area contributed by atoms with Crippen LogP contribution in [0, 0.1) is 24.1 Å². The summed E-state index contributed by atoms with van der Waals surface area (Å²) in [6.45, 7) is 5.35. The number of hydrogen-bond acceptors (Lipinski definition) is 4. The summed E-state index contributed by atoms with van der Waals surface area (Å²) in [5.41, 5.74) is 4.38. The standard InChI is InChI=1S/C31H28FN3O2/c1-4-5-15-30-28(31(37)35(21(3)34-30)26-13-7-9-22(17-26)20(2)36)18-24-11-8-14-27(29(24)19-33)23-10-6-12-25(32)16-23/h6-14,16-17H,4-5,15,18H2,1-3H3. The molecule has 0 N–H and O–H groups in total. The molecule has 4 rings (SSSR count). The number of nitrogens with zero attached hydrogens (tertiary/aromatic N) is 3. The number of benzene rings is 3. The SMILES string of the molecule is CCCCc1nc(C)n(-c2cccc(C(C)=O)c2)c(=O)c1Cc1cccc(-c2cccc(F)c2)c1C#N. The lowest BCUT2D eigenvalue weighted by molar-refractivity contribution is 0.101. The fourth-order valence-electron chi connectivity index (χ4n) is 4.58. The number of carbonyl (C=O) groups excluding carboxylic acids is 1. The maximum Gasteiger partial charge on any atom is 0.261 e. The minimum atomic E-state index is -0.382. The average Bonchev–Trinajstić information content (AvgIpc) is 2.89. The normalized spacial score (nSPS) is 10.8. The first kappa shape index (κ1) is 25.7. The van der Waals surface area contributed by atoms with Crippen molar-refractivity contribution in [1.82, 2.24) is 9.55 Å². The summed E-state index contributed by atoms with van der Waals surface area (Å²) < 4.78 is 15.5. The number of hydrogen-bond donors (Lipinski definition) is 0. The number of aryl methyl sites for hydroxylation is 2. The maximum absolute atomic E-state index is 14.0. The van der Waals surface area contributed by atoms with Gasteiger partial charge in [-0.2, -0.15) is 5.26 Å². The fourth-order valence-corrected chi connectivity index (χ4v) is 4.58. The van der Waals surface area contributed by atoms with Gasteiger partial charge in [0.2, 0.25) is 0 Å². The van der Waals surface area contributed by atoms with Gasteiger partial charge in [-0.25, -0.2) is 9.37 Å². The van der Waals surface area contributed by atoms with Crippen molar-refractivity contribution >= 4 is 5.78 Å². The molecule has 0 fully saturated rings. The van der Waals surface area contributed by atoms with Crippen LogP contribution in [0.5, 0.6) is 0 Å². The van der Waals surface area contributed by atoms with Crippen LogP contribution >= 0.6 is 0 Å². The van der Waals surface area contributed by atoms with Gasteiger partial charge in [0.1, 0.15) is 17.7 Å². The van der Waals surface area contributed by atoms with Crippen LogP contribution in [0.3, 0.4) is 0 Å². The van der Waals surface area contributed by atoms with E-state index in [2.05, 4.69) is 13.0 Å². The Morgan fingerprint density at radius 3 is 2.54 bits per heavy atom. The van der Waals surface area contributed by atoms with Gasteiger partial charge in [-0.1, -0.05) is 55.8 Å². The summed E-state index contributed by atoms with van der Waals surface area (Å²) in [5, 5.41) is 10.1. The summed E-state index contributed by atoms with van der Waals surface area (Å²) in [5.74, 6) is 0.0646. The van der Waals surface area contributed by atoms with E-state index in [4.69, 9.17) is 4.98 Å². The van der Waals surface area contributed by atoms with E-state index in [1.165, 1.54) is 23.6 Å². The molecule has 0 amide bonds. The molecule has 5 nitrogen and oxygen atoms in total. The molecule has 6 heteroatoms. The number of unbranched alkanes of at least 4 members (excludes halogenated alkanes) is 1. The highest BCUT2D eigenvalue weighted by molar-refractivity contribution is 5.94. The highest BCUT2D eigenvalue weighted by Crippen LogP contribution is 2.28. The number of Topliss-reactive ketones (excluding diaryl/α,β-unsaturated/α-hetero) is 1. The molecule has 4 aromatic rings. The topological polar surface area (TPSA) is 75.8 Å². The quantitative estimate of drug-likeness (QED) is 0.268. The monoisotopic (exact) mass is 493 g/mol. The first-order chi connectivity index (χ1) is 17.8. The van der Waals surface area contributed by atoms with E-state index >= 15 is 0 Å². The highest BCUT2D eigenvalue weighted by atomic mass is 19.1. The van der Waals surface area contributed by atoms with Gasteiger partial charge in [-0.3, -0.25) is 14.2 Å². The van der Waals surface area contributed by atoms with E-state index in [0.29, 0.717) is 57.0 Å². The second kappa shape index (κ2) is 11.1. The van der Waals surface area contributed by atoms with E-state index in [1.807, 2.05) is 12.1 Å². The van der Waals surface area contributed by atoms with Crippen LogP contribution in [-0.4, -0.2) is 15.3 Å². The van der Waals surface area contributed by atoms with E-state index in [9.17, 15) is 19.2 Å². The van der Waals surface area contributed by atoms with Crippen LogP contribution in [0.25, 0.3) is 16.8 Å². The van der Waals surface area contributed by atoms with Crippen molar-refractivity contribution in [3.8, 4) is 22.9 Å². The van der Waals surface area contributed by atoms with Crippen molar-refractivity contribution in [3.05, 3.63) is 117 Å². The molecule has 0 unspecified atom stereocenters. The number of rotatable bonds is 8. The Morgan fingerprint density at radius 2 is 1.84 bits per heavy atom. The Bertz CT molecular complexity index is 1580. The molecule has 0 radical (unpaired) electrons. The van der Waals surface area contributed by atoms with Gasteiger partial charge in [0.05, 0.1) is 16.9 Å². The van der Waals surface area contributed by atoms with E-state index in [-0.39, 0.29) is 23.6 Å². The minimum absolute atomic E-state index is 0.0897. The molecule has 186 valence electrons. The average molecular weight is 494 g/mol. The van der Waals surface area contributed by atoms with Crippen molar-refractivity contribution in [2.24, 2.45) is 0 Å². The zero-order valence-electron chi connectivity index (χ0n) is 21.2.